The number of rotatable bonds is 9. The SMILES string of the molecule is C=CC(CC(OC(=O)N1C[C@H](C)N(C(C)=O)c2ccc(C3CC(=C)N(C4CC4)C3)cc21)C(Cl)CC)OC. The summed E-state index contributed by atoms with van der Waals surface area (Å²) in [6.45, 7) is 14.9. The normalized spacial score (nSPS) is 23.9. The Hall–Kier alpha value is -2.51. The van der Waals surface area contributed by atoms with E-state index in [4.69, 9.17) is 21.1 Å². The fourth-order valence-corrected chi connectivity index (χ4v) is 5.80. The van der Waals surface area contributed by atoms with E-state index in [1.54, 1.807) is 29.9 Å². The van der Waals surface area contributed by atoms with E-state index in [1.807, 2.05) is 19.9 Å². The molecule has 0 radical (unpaired) electrons. The molecule has 0 bridgehead atoms. The van der Waals surface area contributed by atoms with Gasteiger partial charge in [-0.15, -0.1) is 18.2 Å². The maximum absolute atomic E-state index is 13.7. The second-order valence-corrected chi connectivity index (χ2v) is 11.1. The molecule has 2 heterocycles. The first-order valence-corrected chi connectivity index (χ1v) is 13.8. The largest absolute Gasteiger partial charge is 0.444 e. The molecule has 1 saturated carbocycles. The molecule has 2 fully saturated rings. The minimum absolute atomic E-state index is 0.0535. The highest BCUT2D eigenvalue weighted by molar-refractivity contribution is 6.21. The van der Waals surface area contributed by atoms with E-state index in [1.165, 1.54) is 18.5 Å². The lowest BCUT2D eigenvalue weighted by Crippen LogP contribution is -2.52. The fourth-order valence-electron chi connectivity index (χ4n) is 5.64. The van der Waals surface area contributed by atoms with Crippen LogP contribution in [0.2, 0.25) is 0 Å². The van der Waals surface area contributed by atoms with Gasteiger partial charge in [-0.05, 0) is 50.3 Å². The fraction of sp³-hybridized carbons (Fsp3) is 0.586. The van der Waals surface area contributed by atoms with Crippen molar-refractivity contribution in [3.05, 3.63) is 48.7 Å². The van der Waals surface area contributed by atoms with Gasteiger partial charge in [0.25, 0.3) is 0 Å². The zero-order valence-corrected chi connectivity index (χ0v) is 23.2. The van der Waals surface area contributed by atoms with E-state index in [9.17, 15) is 9.59 Å². The van der Waals surface area contributed by atoms with Crippen molar-refractivity contribution in [1.29, 1.82) is 0 Å². The van der Waals surface area contributed by atoms with Crippen LogP contribution in [0.3, 0.4) is 0 Å². The average molecular weight is 530 g/mol. The second kappa shape index (κ2) is 11.5. The van der Waals surface area contributed by atoms with Crippen LogP contribution in [0.1, 0.15) is 64.4 Å². The van der Waals surface area contributed by atoms with Gasteiger partial charge < -0.3 is 19.3 Å². The van der Waals surface area contributed by atoms with Gasteiger partial charge in [-0.3, -0.25) is 9.69 Å². The highest BCUT2D eigenvalue weighted by Crippen LogP contribution is 2.44. The number of nitrogens with zero attached hydrogens (tertiary/aromatic N) is 3. The van der Waals surface area contributed by atoms with Crippen molar-refractivity contribution in [2.75, 3.05) is 30.0 Å². The Morgan fingerprint density at radius 2 is 1.97 bits per heavy atom. The van der Waals surface area contributed by atoms with Crippen molar-refractivity contribution >= 4 is 35.0 Å². The second-order valence-electron chi connectivity index (χ2n) is 10.5. The maximum Gasteiger partial charge on any atom is 0.414 e. The summed E-state index contributed by atoms with van der Waals surface area (Å²) in [4.78, 5) is 32.1. The first kappa shape index (κ1) is 27.5. The van der Waals surface area contributed by atoms with Crippen molar-refractivity contribution in [3.63, 3.8) is 0 Å². The third-order valence-electron chi connectivity index (χ3n) is 7.84. The first-order chi connectivity index (χ1) is 17.7. The van der Waals surface area contributed by atoms with Crippen molar-refractivity contribution < 1.29 is 19.1 Å². The lowest BCUT2D eigenvalue weighted by molar-refractivity contribution is -0.117. The molecule has 7 nitrogen and oxygen atoms in total. The predicted molar refractivity (Wildman–Crippen MR) is 148 cm³/mol. The Morgan fingerprint density at radius 3 is 2.57 bits per heavy atom. The Kier molecular flexibility index (Phi) is 8.54. The minimum atomic E-state index is -0.542. The number of hydrogen-bond acceptors (Lipinski definition) is 5. The Morgan fingerprint density at radius 1 is 1.24 bits per heavy atom. The summed E-state index contributed by atoms with van der Waals surface area (Å²) in [6, 6.07) is 6.54. The molecule has 1 aromatic carbocycles. The van der Waals surface area contributed by atoms with E-state index < -0.39 is 12.2 Å². The summed E-state index contributed by atoms with van der Waals surface area (Å²) in [5.74, 6) is 0.249. The summed E-state index contributed by atoms with van der Waals surface area (Å²) in [5, 5.41) is -0.360. The summed E-state index contributed by atoms with van der Waals surface area (Å²) >= 11 is 6.58. The number of carbonyl (C=O) groups is 2. The molecular weight excluding hydrogens is 490 g/mol. The number of amides is 2. The molecule has 5 atom stereocenters. The summed E-state index contributed by atoms with van der Waals surface area (Å²) in [6.07, 6.45) is 4.84. The van der Waals surface area contributed by atoms with Crippen molar-refractivity contribution in [1.82, 2.24) is 4.90 Å². The standard InChI is InChI=1S/C29H40ClN3O4/c1-7-24(36-6)15-28(25(30)8-2)37-29(35)32-16-19(4)33(20(5)34)26-12-9-21(14-27(26)32)22-13-18(3)31(17-22)23-10-11-23/h7,9,12,14,19,22-25,28H,1,3,8,10-11,13,15-17H2,2,4-6H3/t19-,22?,24?,25?,28?/m0/s1. The third-order valence-corrected chi connectivity index (χ3v) is 8.43. The van der Waals surface area contributed by atoms with Crippen LogP contribution in [0.15, 0.2) is 43.1 Å². The molecule has 202 valence electrons. The minimum Gasteiger partial charge on any atom is -0.444 e. The molecule has 1 aliphatic carbocycles. The number of carbonyl (C=O) groups excluding carboxylic acids is 2. The lowest BCUT2D eigenvalue weighted by atomic mass is 9.95. The average Bonchev–Trinajstić information content (AvgIpc) is 3.65. The first-order valence-electron chi connectivity index (χ1n) is 13.3. The number of allylic oxidation sites excluding steroid dienone is 1. The van der Waals surface area contributed by atoms with Crippen LogP contribution >= 0.6 is 11.6 Å². The van der Waals surface area contributed by atoms with Crippen LogP contribution in [-0.2, 0) is 14.3 Å². The van der Waals surface area contributed by atoms with E-state index in [0.29, 0.717) is 37.0 Å². The van der Waals surface area contributed by atoms with E-state index in [0.717, 1.165) is 24.2 Å². The van der Waals surface area contributed by atoms with Crippen molar-refractivity contribution in [2.24, 2.45) is 0 Å². The number of alkyl halides is 1. The Balaban J connectivity index is 1.63. The molecule has 37 heavy (non-hydrogen) atoms. The van der Waals surface area contributed by atoms with Gasteiger partial charge in [0.05, 0.1) is 28.9 Å². The van der Waals surface area contributed by atoms with Gasteiger partial charge >= 0.3 is 6.09 Å². The smallest absolute Gasteiger partial charge is 0.414 e. The van der Waals surface area contributed by atoms with Crippen molar-refractivity contribution in [2.45, 2.75) is 88.5 Å². The van der Waals surface area contributed by atoms with Gasteiger partial charge in [0.1, 0.15) is 6.10 Å². The van der Waals surface area contributed by atoms with Crippen LogP contribution in [0.4, 0.5) is 16.2 Å². The number of anilines is 2. The quantitative estimate of drug-likeness (QED) is 0.297. The number of hydrogen-bond donors (Lipinski definition) is 0. The van der Waals surface area contributed by atoms with Crippen LogP contribution < -0.4 is 9.80 Å². The molecule has 1 saturated heterocycles. The van der Waals surface area contributed by atoms with Gasteiger partial charge in [-0.25, -0.2) is 4.79 Å². The van der Waals surface area contributed by atoms with E-state index in [-0.39, 0.29) is 23.4 Å². The molecule has 0 spiro atoms. The van der Waals surface area contributed by atoms with E-state index >= 15 is 0 Å². The molecule has 3 aliphatic rings. The molecule has 8 heteroatoms. The summed E-state index contributed by atoms with van der Waals surface area (Å²) in [5.41, 5.74) is 3.74. The monoisotopic (exact) mass is 529 g/mol. The Bertz CT molecular complexity index is 1040. The van der Waals surface area contributed by atoms with Gasteiger partial charge in [0.15, 0.2) is 0 Å². The maximum atomic E-state index is 13.7. The molecule has 2 aliphatic heterocycles. The number of halogens is 1. The molecule has 4 rings (SSSR count). The highest BCUT2D eigenvalue weighted by Gasteiger charge is 2.39. The number of likely N-dealkylation sites (tertiary alicyclic amines) is 1. The topological polar surface area (TPSA) is 62.3 Å². The van der Waals surface area contributed by atoms with Crippen LogP contribution in [0.25, 0.3) is 0 Å². The lowest BCUT2D eigenvalue weighted by Gasteiger charge is -2.41. The molecule has 2 amide bonds. The van der Waals surface area contributed by atoms with Crippen molar-refractivity contribution in [3.8, 4) is 0 Å². The molecule has 0 aromatic heterocycles. The summed E-state index contributed by atoms with van der Waals surface area (Å²) in [7, 11) is 1.60. The zero-order valence-electron chi connectivity index (χ0n) is 22.5. The number of methoxy groups -OCH3 is 1. The van der Waals surface area contributed by atoms with Crippen LogP contribution in [-0.4, -0.2) is 66.8 Å². The highest BCUT2D eigenvalue weighted by atomic mass is 35.5. The van der Waals surface area contributed by atoms with Gasteiger partial charge in [0, 0.05) is 51.2 Å². The molecule has 1 aromatic rings. The molecular formula is C29H40ClN3O4. The number of ether oxygens (including phenoxy) is 2. The summed E-state index contributed by atoms with van der Waals surface area (Å²) < 4.78 is 11.5. The zero-order chi connectivity index (χ0) is 26.9. The predicted octanol–water partition coefficient (Wildman–Crippen LogP) is 5.83. The molecule has 4 unspecified atom stereocenters. The van der Waals surface area contributed by atoms with Gasteiger partial charge in [-0.1, -0.05) is 25.6 Å². The van der Waals surface area contributed by atoms with Crippen LogP contribution in [0.5, 0.6) is 0 Å². The Labute approximate surface area is 226 Å². The third kappa shape index (κ3) is 5.83. The van der Waals surface area contributed by atoms with E-state index in [2.05, 4.69) is 30.2 Å². The number of benzene rings is 1. The van der Waals surface area contributed by atoms with Crippen LogP contribution in [0, 0.1) is 0 Å². The number of fused-ring (bicyclic) bond motifs is 1. The molecule has 0 N–H and O–H groups in total. The van der Waals surface area contributed by atoms with Gasteiger partial charge in [0.2, 0.25) is 5.91 Å². The van der Waals surface area contributed by atoms with Gasteiger partial charge in [-0.2, -0.15) is 0 Å².